The van der Waals surface area contributed by atoms with Crippen LogP contribution in [0.5, 0.6) is 5.88 Å². The number of alkyl halides is 1. The number of fused-ring (bicyclic) bond motifs is 1. The largest absolute Gasteiger partial charge is 0.479 e. The summed E-state index contributed by atoms with van der Waals surface area (Å²) in [6, 6.07) is 8.95. The predicted octanol–water partition coefficient (Wildman–Crippen LogP) is 3.95. The van der Waals surface area contributed by atoms with E-state index in [0.717, 1.165) is 12.8 Å². The highest BCUT2D eigenvalue weighted by molar-refractivity contribution is 7.07. The summed E-state index contributed by atoms with van der Waals surface area (Å²) in [5.74, 6) is -1.11. The highest BCUT2D eigenvalue weighted by atomic mass is 35.5. The Balaban J connectivity index is 1.39. The minimum Gasteiger partial charge on any atom is -0.479 e. The van der Waals surface area contributed by atoms with Gasteiger partial charge in [-0.1, -0.05) is 43.7 Å². The van der Waals surface area contributed by atoms with Crippen molar-refractivity contribution in [3.63, 3.8) is 0 Å². The summed E-state index contributed by atoms with van der Waals surface area (Å²) in [5, 5.41) is 22.5. The van der Waals surface area contributed by atoms with Crippen LogP contribution in [0.25, 0.3) is 11.2 Å². The zero-order chi connectivity index (χ0) is 28.3. The lowest BCUT2D eigenvalue weighted by atomic mass is 9.91. The molecule has 1 aliphatic heterocycles. The van der Waals surface area contributed by atoms with Gasteiger partial charge in [-0.15, -0.1) is 11.3 Å². The Kier molecular flexibility index (Phi) is 8.57. The predicted molar refractivity (Wildman–Crippen MR) is 143 cm³/mol. The molecule has 1 aromatic carbocycles. The second-order valence-electron chi connectivity index (χ2n) is 9.30. The highest BCUT2D eigenvalue weighted by Crippen LogP contribution is 2.37. The number of carboxylic acid groups (broad SMARTS) is 1. The fourth-order valence-corrected chi connectivity index (χ4v) is 5.28. The van der Waals surface area contributed by atoms with Crippen molar-refractivity contribution in [2.75, 3.05) is 13.2 Å². The van der Waals surface area contributed by atoms with Gasteiger partial charge in [0, 0.05) is 11.8 Å². The van der Waals surface area contributed by atoms with Gasteiger partial charge in [-0.25, -0.2) is 19.2 Å². The molecule has 212 valence electrons. The van der Waals surface area contributed by atoms with Crippen LogP contribution in [0.15, 0.2) is 47.5 Å². The fraction of sp³-hybridized carbons (Fsp3) is 0.423. The molecule has 5 atom stereocenters. The number of benzene rings is 1. The van der Waals surface area contributed by atoms with Gasteiger partial charge in [0.15, 0.2) is 23.6 Å². The van der Waals surface area contributed by atoms with Gasteiger partial charge in [0.2, 0.25) is 16.8 Å². The SMILES string of the molecule is CCCCOc1nc(Cl)nc2c1ncn2[C@@H]1O[C@H](COC(Cc2ccccc2)(C(=O)O)c2cscn2)[C@@H](O)[C@@H]1F. The summed E-state index contributed by atoms with van der Waals surface area (Å²) in [5.41, 5.74) is 0.943. The van der Waals surface area contributed by atoms with Crippen molar-refractivity contribution >= 4 is 40.1 Å². The average Bonchev–Trinajstić information content (AvgIpc) is 3.68. The van der Waals surface area contributed by atoms with Crippen molar-refractivity contribution < 1.29 is 33.6 Å². The molecule has 4 aromatic rings. The van der Waals surface area contributed by atoms with E-state index in [0.29, 0.717) is 12.2 Å². The Morgan fingerprint density at radius 1 is 1.27 bits per heavy atom. The second-order valence-corrected chi connectivity index (χ2v) is 10.4. The number of aliphatic hydroxyl groups is 1. The summed E-state index contributed by atoms with van der Waals surface area (Å²) in [7, 11) is 0. The molecule has 0 aliphatic carbocycles. The third-order valence-electron chi connectivity index (χ3n) is 6.65. The number of hydrogen-bond acceptors (Lipinski definition) is 10. The summed E-state index contributed by atoms with van der Waals surface area (Å²) < 4.78 is 34.3. The Labute approximate surface area is 237 Å². The average molecular weight is 592 g/mol. The number of halogens is 2. The molecule has 2 N–H and O–H groups in total. The van der Waals surface area contributed by atoms with Crippen LogP contribution in [-0.4, -0.2) is 72.3 Å². The Morgan fingerprint density at radius 3 is 2.77 bits per heavy atom. The number of aliphatic hydroxyl groups excluding tert-OH is 1. The molecule has 1 fully saturated rings. The molecule has 1 saturated heterocycles. The molecule has 5 rings (SSSR count). The third-order valence-corrected chi connectivity index (χ3v) is 7.40. The summed E-state index contributed by atoms with van der Waals surface area (Å²) in [6.45, 7) is 1.98. The number of nitrogens with zero attached hydrogens (tertiary/aromatic N) is 5. The number of hydrogen-bond donors (Lipinski definition) is 2. The molecule has 14 heteroatoms. The van der Waals surface area contributed by atoms with Crippen molar-refractivity contribution in [3.8, 4) is 5.88 Å². The molecule has 11 nitrogen and oxygen atoms in total. The van der Waals surface area contributed by atoms with Crippen molar-refractivity contribution in [3.05, 3.63) is 64.1 Å². The number of imidazole rings is 1. The smallest absolute Gasteiger partial charge is 0.342 e. The third kappa shape index (κ3) is 5.52. The first kappa shape index (κ1) is 28.3. The van der Waals surface area contributed by atoms with Gasteiger partial charge in [0.1, 0.15) is 12.2 Å². The van der Waals surface area contributed by atoms with Crippen LogP contribution < -0.4 is 4.74 Å². The summed E-state index contributed by atoms with van der Waals surface area (Å²) in [6.07, 6.45) is -3.11. The molecule has 0 amide bonds. The van der Waals surface area contributed by atoms with Crippen molar-refractivity contribution in [2.24, 2.45) is 0 Å². The number of carboxylic acids is 1. The molecule has 0 saturated carbocycles. The number of aromatic nitrogens is 5. The molecule has 40 heavy (non-hydrogen) atoms. The number of rotatable bonds is 12. The Morgan fingerprint density at radius 2 is 2.08 bits per heavy atom. The van der Waals surface area contributed by atoms with Crippen LogP contribution in [0.3, 0.4) is 0 Å². The van der Waals surface area contributed by atoms with Crippen molar-refractivity contribution in [1.29, 1.82) is 0 Å². The van der Waals surface area contributed by atoms with Gasteiger partial charge in [-0.3, -0.25) is 4.57 Å². The van der Waals surface area contributed by atoms with Crippen LogP contribution in [-0.2, 0) is 26.3 Å². The number of aliphatic carboxylic acids is 1. The number of ether oxygens (including phenoxy) is 3. The summed E-state index contributed by atoms with van der Waals surface area (Å²) >= 11 is 7.33. The van der Waals surface area contributed by atoms with E-state index in [4.69, 9.17) is 25.8 Å². The standard InChI is InChI=1S/C26H27ClFN5O6S/c1-2-3-9-37-22-19-21(31-25(27)32-22)33(13-29-19)23-18(28)20(34)16(39-23)11-38-26(24(35)36,17-12-40-14-30-17)10-15-7-5-4-6-8-15/h4-8,12-14,16,18,20,23,34H,2-3,9-11H2,1H3,(H,35,36)/t16-,18+,20-,23-,26?/m1/s1. The zero-order valence-electron chi connectivity index (χ0n) is 21.4. The molecule has 3 aromatic heterocycles. The number of thiazole rings is 1. The number of carbonyl (C=O) groups is 1. The number of unbranched alkanes of at least 4 members (excludes halogenated alkanes) is 1. The molecular weight excluding hydrogens is 565 g/mol. The second kappa shape index (κ2) is 12.1. The maximum absolute atomic E-state index is 15.5. The zero-order valence-corrected chi connectivity index (χ0v) is 23.0. The van der Waals surface area contributed by atoms with E-state index in [-0.39, 0.29) is 34.4 Å². The van der Waals surface area contributed by atoms with Crippen molar-refractivity contribution in [2.45, 2.75) is 56.4 Å². The van der Waals surface area contributed by atoms with E-state index < -0.39 is 42.8 Å². The van der Waals surface area contributed by atoms with E-state index in [9.17, 15) is 15.0 Å². The van der Waals surface area contributed by atoms with Crippen molar-refractivity contribution in [1.82, 2.24) is 24.5 Å². The van der Waals surface area contributed by atoms with Crippen LogP contribution in [0.4, 0.5) is 4.39 Å². The minimum atomic E-state index is -1.91. The Hall–Kier alpha value is -3.23. The van der Waals surface area contributed by atoms with E-state index in [1.54, 1.807) is 29.6 Å². The van der Waals surface area contributed by atoms with E-state index in [2.05, 4.69) is 19.9 Å². The molecule has 4 heterocycles. The van der Waals surface area contributed by atoms with Crippen LogP contribution in [0.1, 0.15) is 37.3 Å². The van der Waals surface area contributed by atoms with E-state index >= 15 is 4.39 Å². The molecule has 1 aliphatic rings. The lowest BCUT2D eigenvalue weighted by Gasteiger charge is -2.30. The first-order chi connectivity index (χ1) is 19.3. The Bertz CT molecular complexity index is 1440. The van der Waals surface area contributed by atoms with Crippen LogP contribution in [0, 0.1) is 0 Å². The maximum atomic E-state index is 15.5. The first-order valence-electron chi connectivity index (χ1n) is 12.6. The molecule has 0 spiro atoms. The lowest BCUT2D eigenvalue weighted by molar-refractivity contribution is -0.177. The van der Waals surface area contributed by atoms with Gasteiger partial charge in [0.25, 0.3) is 0 Å². The van der Waals surface area contributed by atoms with E-state index in [1.165, 1.54) is 27.7 Å². The van der Waals surface area contributed by atoms with Crippen LogP contribution >= 0.6 is 22.9 Å². The van der Waals surface area contributed by atoms with Gasteiger partial charge in [0.05, 0.1) is 30.7 Å². The van der Waals surface area contributed by atoms with Gasteiger partial charge >= 0.3 is 5.97 Å². The topological polar surface area (TPSA) is 142 Å². The monoisotopic (exact) mass is 591 g/mol. The molecular formula is C26H27ClFN5O6S. The molecule has 1 unspecified atom stereocenters. The fourth-order valence-electron chi connectivity index (χ4n) is 4.51. The van der Waals surface area contributed by atoms with Gasteiger partial charge in [-0.05, 0) is 23.6 Å². The first-order valence-corrected chi connectivity index (χ1v) is 14.0. The van der Waals surface area contributed by atoms with E-state index in [1.807, 2.05) is 13.0 Å². The quantitative estimate of drug-likeness (QED) is 0.184. The van der Waals surface area contributed by atoms with Gasteiger partial charge < -0.3 is 24.4 Å². The minimum absolute atomic E-state index is 0.0411. The summed E-state index contributed by atoms with van der Waals surface area (Å²) in [4.78, 5) is 29.4. The normalized spacial score (nSPS) is 22.4. The van der Waals surface area contributed by atoms with Crippen LogP contribution in [0.2, 0.25) is 5.28 Å². The highest BCUT2D eigenvalue weighted by Gasteiger charge is 2.49. The van der Waals surface area contributed by atoms with Gasteiger partial charge in [-0.2, -0.15) is 9.97 Å². The lowest BCUT2D eigenvalue weighted by Crippen LogP contribution is -2.44. The molecule has 0 bridgehead atoms. The maximum Gasteiger partial charge on any atom is 0.342 e. The molecule has 0 radical (unpaired) electrons.